The summed E-state index contributed by atoms with van der Waals surface area (Å²) in [5.41, 5.74) is 9.70. The molecule has 0 N–H and O–H groups in total. The molecular weight excluding hydrogens is 575 g/mol. The summed E-state index contributed by atoms with van der Waals surface area (Å²) in [5, 5.41) is 0. The Labute approximate surface area is 248 Å². The van der Waals surface area contributed by atoms with Crippen LogP contribution in [0.2, 0.25) is 0 Å². The van der Waals surface area contributed by atoms with Crippen LogP contribution >= 0.6 is 0 Å². The van der Waals surface area contributed by atoms with Gasteiger partial charge in [-0.1, -0.05) is 0 Å². The van der Waals surface area contributed by atoms with Gasteiger partial charge in [0.2, 0.25) is 0 Å². The van der Waals surface area contributed by atoms with Crippen molar-refractivity contribution in [3.8, 4) is 0 Å². The molecule has 0 bridgehead atoms. The van der Waals surface area contributed by atoms with Gasteiger partial charge in [-0.3, -0.25) is 0 Å². The van der Waals surface area contributed by atoms with E-state index in [2.05, 4.69) is 106 Å². The SMILES string of the molecule is COC(=O)C1=C(C(=O)OC)c2cc(C)ccc2C(c2ccc(C)cc2)C(c2ccc(C)cc2)(c2ccc(C)cc2)[Se]1. The van der Waals surface area contributed by atoms with Gasteiger partial charge in [0, 0.05) is 0 Å². The second kappa shape index (κ2) is 11.5. The maximum atomic E-state index is 13.7. The van der Waals surface area contributed by atoms with Crippen molar-refractivity contribution >= 4 is 32.5 Å². The first-order valence-electron chi connectivity index (χ1n) is 13.6. The molecule has 0 saturated carbocycles. The van der Waals surface area contributed by atoms with Crippen molar-refractivity contribution in [1.29, 1.82) is 0 Å². The second-order valence-electron chi connectivity index (χ2n) is 10.7. The minimum absolute atomic E-state index is 0.217. The van der Waals surface area contributed by atoms with E-state index < -0.39 is 31.2 Å². The number of fused-ring (bicyclic) bond motifs is 1. The van der Waals surface area contributed by atoms with Crippen LogP contribution in [0.1, 0.15) is 56.0 Å². The van der Waals surface area contributed by atoms with Crippen molar-refractivity contribution < 1.29 is 19.1 Å². The summed E-state index contributed by atoms with van der Waals surface area (Å²) in [5.74, 6) is -1.26. The van der Waals surface area contributed by atoms with Crippen molar-refractivity contribution in [3.63, 3.8) is 0 Å². The average molecular weight is 610 g/mol. The van der Waals surface area contributed by atoms with Crippen LogP contribution < -0.4 is 0 Å². The van der Waals surface area contributed by atoms with Crippen molar-refractivity contribution in [2.45, 2.75) is 37.9 Å². The number of hydrogen-bond donors (Lipinski definition) is 0. The molecule has 4 nitrogen and oxygen atoms in total. The predicted molar refractivity (Wildman–Crippen MR) is 164 cm³/mol. The molecule has 208 valence electrons. The predicted octanol–water partition coefficient (Wildman–Crippen LogP) is 6.77. The standard InChI is InChI=1S/C36H34O4Se/c1-22-7-14-26(15-8-22)32-29-20-13-25(4)21-30(29)31(34(37)39-5)33(35(38)40-6)41-36(32,27-16-9-23(2)10-17-27)28-18-11-24(3)12-19-28/h7-21,32H,1-6H3. The molecule has 1 aliphatic rings. The zero-order valence-corrected chi connectivity index (χ0v) is 26.0. The molecule has 0 radical (unpaired) electrons. The Balaban J connectivity index is 2.02. The van der Waals surface area contributed by atoms with Gasteiger partial charge in [-0.05, 0) is 0 Å². The van der Waals surface area contributed by atoms with Crippen LogP contribution in [0.5, 0.6) is 0 Å². The molecule has 5 heteroatoms. The summed E-state index contributed by atoms with van der Waals surface area (Å²) in [6.07, 6.45) is 0. The van der Waals surface area contributed by atoms with E-state index in [1.807, 2.05) is 13.0 Å². The topological polar surface area (TPSA) is 52.6 Å². The van der Waals surface area contributed by atoms with E-state index in [1.54, 1.807) is 0 Å². The number of carbonyl (C=O) groups excluding carboxylic acids is 2. The van der Waals surface area contributed by atoms with E-state index >= 15 is 0 Å². The Morgan fingerprint density at radius 2 is 1.10 bits per heavy atom. The van der Waals surface area contributed by atoms with E-state index in [0.717, 1.165) is 44.5 Å². The van der Waals surface area contributed by atoms with Crippen LogP contribution in [-0.2, 0) is 23.4 Å². The van der Waals surface area contributed by atoms with Gasteiger partial charge in [-0.25, -0.2) is 0 Å². The van der Waals surface area contributed by atoms with Crippen LogP contribution in [-0.4, -0.2) is 41.1 Å². The average Bonchev–Trinajstić information content (AvgIpc) is 3.10. The van der Waals surface area contributed by atoms with E-state index in [0.29, 0.717) is 10.0 Å². The molecule has 4 aromatic rings. The van der Waals surface area contributed by atoms with Crippen LogP contribution in [0.25, 0.3) is 5.57 Å². The molecule has 5 rings (SSSR count). The Bertz CT molecular complexity index is 1590. The number of carbonyl (C=O) groups is 2. The maximum absolute atomic E-state index is 13.7. The van der Waals surface area contributed by atoms with Crippen LogP contribution in [0.15, 0.2) is 95.5 Å². The molecule has 0 aromatic heterocycles. The number of hydrogen-bond acceptors (Lipinski definition) is 4. The molecule has 4 aromatic carbocycles. The van der Waals surface area contributed by atoms with Crippen LogP contribution in [0, 0.1) is 27.7 Å². The van der Waals surface area contributed by atoms with E-state index in [1.165, 1.54) is 14.2 Å². The molecule has 0 aliphatic carbocycles. The Morgan fingerprint density at radius 1 is 0.634 bits per heavy atom. The fourth-order valence-electron chi connectivity index (χ4n) is 5.69. The molecule has 1 heterocycles. The fraction of sp³-hybridized carbons (Fsp3) is 0.222. The molecular formula is C36H34O4Se. The Kier molecular flexibility index (Phi) is 8.04. The van der Waals surface area contributed by atoms with E-state index in [9.17, 15) is 9.59 Å². The second-order valence-corrected chi connectivity index (χ2v) is 13.3. The number of benzene rings is 4. The summed E-state index contributed by atoms with van der Waals surface area (Å²) >= 11 is -0.614. The number of rotatable bonds is 5. The minimum atomic E-state index is -0.701. The van der Waals surface area contributed by atoms with Gasteiger partial charge < -0.3 is 0 Å². The molecule has 0 spiro atoms. The third-order valence-corrected chi connectivity index (χ3v) is 11.2. The Hall–Kier alpha value is -3.92. The van der Waals surface area contributed by atoms with Crippen molar-refractivity contribution in [2.75, 3.05) is 14.2 Å². The zero-order chi connectivity index (χ0) is 29.3. The van der Waals surface area contributed by atoms with Crippen molar-refractivity contribution in [3.05, 3.63) is 146 Å². The molecule has 1 unspecified atom stereocenters. The van der Waals surface area contributed by atoms with E-state index in [4.69, 9.17) is 9.47 Å². The van der Waals surface area contributed by atoms with Crippen LogP contribution in [0.3, 0.4) is 0 Å². The molecule has 1 aliphatic heterocycles. The Morgan fingerprint density at radius 3 is 1.59 bits per heavy atom. The first kappa shape index (κ1) is 28.6. The molecule has 1 atom stereocenters. The van der Waals surface area contributed by atoms with Crippen molar-refractivity contribution in [2.24, 2.45) is 0 Å². The molecule has 41 heavy (non-hydrogen) atoms. The van der Waals surface area contributed by atoms with E-state index in [-0.39, 0.29) is 11.5 Å². The van der Waals surface area contributed by atoms with Crippen molar-refractivity contribution in [1.82, 2.24) is 0 Å². The fourth-order valence-corrected chi connectivity index (χ4v) is 9.19. The molecule has 0 saturated heterocycles. The first-order chi connectivity index (χ1) is 19.7. The summed E-state index contributed by atoms with van der Waals surface area (Å²) in [4.78, 5) is 27.3. The van der Waals surface area contributed by atoms with Gasteiger partial charge in [-0.15, -0.1) is 0 Å². The molecule has 0 amide bonds. The number of methoxy groups -OCH3 is 2. The van der Waals surface area contributed by atoms with Crippen LogP contribution in [0.4, 0.5) is 0 Å². The van der Waals surface area contributed by atoms with Gasteiger partial charge in [-0.2, -0.15) is 0 Å². The quantitative estimate of drug-likeness (QED) is 0.185. The zero-order valence-electron chi connectivity index (χ0n) is 24.3. The third-order valence-electron chi connectivity index (χ3n) is 7.82. The van der Waals surface area contributed by atoms with Gasteiger partial charge in [0.05, 0.1) is 0 Å². The summed E-state index contributed by atoms with van der Waals surface area (Å²) in [6.45, 7) is 8.23. The van der Waals surface area contributed by atoms with Gasteiger partial charge >= 0.3 is 249 Å². The normalized spacial score (nSPS) is 16.0. The number of esters is 2. The third kappa shape index (κ3) is 5.16. The van der Waals surface area contributed by atoms with Gasteiger partial charge in [0.25, 0.3) is 0 Å². The monoisotopic (exact) mass is 610 g/mol. The first-order valence-corrected chi connectivity index (χ1v) is 15.3. The summed E-state index contributed by atoms with van der Waals surface area (Å²) < 4.78 is 10.4. The van der Waals surface area contributed by atoms with Gasteiger partial charge in [0.1, 0.15) is 0 Å². The summed E-state index contributed by atoms with van der Waals surface area (Å²) in [7, 11) is 2.74. The molecule has 0 fully saturated rings. The number of aryl methyl sites for hydroxylation is 4. The number of ether oxygens (including phenoxy) is 2. The summed E-state index contributed by atoms with van der Waals surface area (Å²) in [6, 6.07) is 32.0. The van der Waals surface area contributed by atoms with Gasteiger partial charge in [0.15, 0.2) is 0 Å².